The van der Waals surface area contributed by atoms with Crippen molar-refractivity contribution in [3.8, 4) is 0 Å². The highest BCUT2D eigenvalue weighted by Crippen LogP contribution is 2.19. The van der Waals surface area contributed by atoms with E-state index < -0.39 is 0 Å². The largest absolute Gasteiger partial charge is 0.338 e. The van der Waals surface area contributed by atoms with Gasteiger partial charge in [-0.1, -0.05) is 23.7 Å². The van der Waals surface area contributed by atoms with E-state index in [1.54, 1.807) is 0 Å². The summed E-state index contributed by atoms with van der Waals surface area (Å²) >= 11 is 5.87. The maximum atomic E-state index is 12.5. The number of hydrogen-bond donors (Lipinski definition) is 0. The molecule has 5 heteroatoms. The molecule has 0 aliphatic carbocycles. The van der Waals surface area contributed by atoms with E-state index in [1.807, 2.05) is 47.1 Å². The van der Waals surface area contributed by atoms with Gasteiger partial charge in [-0.15, -0.1) is 0 Å². The number of aryl methyl sites for hydroxylation is 1. The Morgan fingerprint density at radius 3 is 2.86 bits per heavy atom. The van der Waals surface area contributed by atoms with Gasteiger partial charge in [0.25, 0.3) is 0 Å². The van der Waals surface area contributed by atoms with Crippen molar-refractivity contribution in [3.05, 3.63) is 52.3 Å². The fraction of sp³-hybridized carbons (Fsp3) is 0.375. The Labute approximate surface area is 129 Å². The molecule has 1 aliphatic rings. The maximum Gasteiger partial charge on any atom is 0.227 e. The second-order valence-electron chi connectivity index (χ2n) is 5.46. The maximum absolute atomic E-state index is 12.5. The van der Waals surface area contributed by atoms with Gasteiger partial charge in [0, 0.05) is 36.4 Å². The summed E-state index contributed by atoms with van der Waals surface area (Å²) in [5, 5.41) is 4.99. The molecule has 4 nitrogen and oxygen atoms in total. The Kier molecular flexibility index (Phi) is 3.97. The Morgan fingerprint density at radius 1 is 1.33 bits per heavy atom. The van der Waals surface area contributed by atoms with Crippen molar-refractivity contribution < 1.29 is 4.79 Å². The predicted octanol–water partition coefficient (Wildman–Crippen LogP) is 2.59. The van der Waals surface area contributed by atoms with Crippen LogP contribution in [0.5, 0.6) is 0 Å². The number of fused-ring (bicyclic) bond motifs is 1. The molecule has 110 valence electrons. The van der Waals surface area contributed by atoms with Gasteiger partial charge >= 0.3 is 0 Å². The lowest BCUT2D eigenvalue weighted by Gasteiger charge is -2.20. The lowest BCUT2D eigenvalue weighted by atomic mass is 10.1. The first-order valence-electron chi connectivity index (χ1n) is 7.15. The summed E-state index contributed by atoms with van der Waals surface area (Å²) in [6.45, 7) is 1.47. The summed E-state index contributed by atoms with van der Waals surface area (Å²) < 4.78 is 1.92. The molecule has 2 heterocycles. The fourth-order valence-electron chi connectivity index (χ4n) is 2.79. The van der Waals surface area contributed by atoms with E-state index in [9.17, 15) is 4.79 Å². The first-order valence-corrected chi connectivity index (χ1v) is 7.53. The van der Waals surface area contributed by atoms with Crippen molar-refractivity contribution in [1.82, 2.24) is 14.7 Å². The third-order valence-electron chi connectivity index (χ3n) is 3.97. The van der Waals surface area contributed by atoms with E-state index in [0.29, 0.717) is 18.0 Å². The first-order chi connectivity index (χ1) is 10.1. The number of benzene rings is 1. The van der Waals surface area contributed by atoms with Crippen LogP contribution in [0.15, 0.2) is 30.5 Å². The van der Waals surface area contributed by atoms with Gasteiger partial charge in [-0.2, -0.15) is 5.10 Å². The van der Waals surface area contributed by atoms with E-state index >= 15 is 0 Å². The molecular formula is C16H18ClN3O. The number of rotatable bonds is 2. The fourth-order valence-corrected chi connectivity index (χ4v) is 2.91. The predicted molar refractivity (Wildman–Crippen MR) is 82.1 cm³/mol. The van der Waals surface area contributed by atoms with Crippen molar-refractivity contribution >= 4 is 17.5 Å². The quantitative estimate of drug-likeness (QED) is 0.855. The van der Waals surface area contributed by atoms with Crippen LogP contribution in [0.3, 0.4) is 0 Å². The molecule has 0 N–H and O–H groups in total. The van der Waals surface area contributed by atoms with Crippen LogP contribution in [0.1, 0.15) is 23.2 Å². The third kappa shape index (κ3) is 3.10. The van der Waals surface area contributed by atoms with Crippen LogP contribution in [0.4, 0.5) is 0 Å². The molecule has 3 rings (SSSR count). The van der Waals surface area contributed by atoms with Gasteiger partial charge in [0.1, 0.15) is 0 Å². The van der Waals surface area contributed by atoms with E-state index in [0.717, 1.165) is 24.9 Å². The average Bonchev–Trinajstić information content (AvgIpc) is 2.71. The molecule has 1 aromatic heterocycles. The molecule has 1 aliphatic heterocycles. The van der Waals surface area contributed by atoms with E-state index in [2.05, 4.69) is 5.10 Å². The zero-order valence-electron chi connectivity index (χ0n) is 12.1. The summed E-state index contributed by atoms with van der Waals surface area (Å²) in [6.07, 6.45) is 4.27. The zero-order chi connectivity index (χ0) is 14.8. The molecule has 1 aromatic carbocycles. The Hall–Kier alpha value is -1.81. The second kappa shape index (κ2) is 5.90. The highest BCUT2D eigenvalue weighted by atomic mass is 35.5. The van der Waals surface area contributed by atoms with Gasteiger partial charge in [0.05, 0.1) is 12.6 Å². The van der Waals surface area contributed by atoms with Gasteiger partial charge < -0.3 is 4.90 Å². The third-order valence-corrected chi connectivity index (χ3v) is 4.22. The number of hydrogen-bond acceptors (Lipinski definition) is 2. The molecule has 2 aromatic rings. The van der Waals surface area contributed by atoms with Crippen LogP contribution in [0.2, 0.25) is 5.02 Å². The highest BCUT2D eigenvalue weighted by molar-refractivity contribution is 6.30. The minimum absolute atomic E-state index is 0.161. The summed E-state index contributed by atoms with van der Waals surface area (Å²) in [7, 11) is 1.96. The molecule has 0 radical (unpaired) electrons. The lowest BCUT2D eigenvalue weighted by molar-refractivity contribution is -0.131. The number of carbonyl (C=O) groups excluding carboxylic acids is 1. The molecular weight excluding hydrogens is 286 g/mol. The highest BCUT2D eigenvalue weighted by Gasteiger charge is 2.21. The average molecular weight is 304 g/mol. The van der Waals surface area contributed by atoms with E-state index in [1.165, 1.54) is 11.3 Å². The monoisotopic (exact) mass is 303 g/mol. The van der Waals surface area contributed by atoms with Crippen LogP contribution in [0, 0.1) is 0 Å². The molecule has 1 amide bonds. The van der Waals surface area contributed by atoms with Crippen molar-refractivity contribution in [1.29, 1.82) is 0 Å². The van der Waals surface area contributed by atoms with Gasteiger partial charge in [0.15, 0.2) is 0 Å². The van der Waals surface area contributed by atoms with Gasteiger partial charge in [-0.05, 0) is 30.5 Å². The molecule has 0 atom stereocenters. The van der Waals surface area contributed by atoms with Gasteiger partial charge in [-0.25, -0.2) is 0 Å². The number of amides is 1. The van der Waals surface area contributed by atoms with Crippen molar-refractivity contribution in [2.75, 3.05) is 6.54 Å². The van der Waals surface area contributed by atoms with Gasteiger partial charge in [-0.3, -0.25) is 9.48 Å². The standard InChI is InChI=1S/C16H18ClN3O/c1-19-15-3-2-8-20(11-13(15)10-18-19)16(21)9-12-4-6-14(17)7-5-12/h4-7,10H,2-3,8-9,11H2,1H3. The van der Waals surface area contributed by atoms with Crippen LogP contribution in [-0.4, -0.2) is 27.1 Å². The van der Waals surface area contributed by atoms with Crippen LogP contribution < -0.4 is 0 Å². The SMILES string of the molecule is Cn1ncc2c1CCCN(C(=O)Cc1ccc(Cl)cc1)C2. The number of halogens is 1. The van der Waals surface area contributed by atoms with E-state index in [-0.39, 0.29) is 5.91 Å². The Bertz CT molecular complexity index is 648. The zero-order valence-corrected chi connectivity index (χ0v) is 12.8. The summed E-state index contributed by atoms with van der Waals surface area (Å²) in [5.41, 5.74) is 3.41. The molecule has 0 spiro atoms. The Morgan fingerprint density at radius 2 is 2.10 bits per heavy atom. The molecule has 0 saturated heterocycles. The number of nitrogens with zero attached hydrogens (tertiary/aromatic N) is 3. The molecule has 0 saturated carbocycles. The van der Waals surface area contributed by atoms with E-state index in [4.69, 9.17) is 11.6 Å². The van der Waals surface area contributed by atoms with Crippen molar-refractivity contribution in [2.45, 2.75) is 25.8 Å². The van der Waals surface area contributed by atoms with Crippen LogP contribution >= 0.6 is 11.6 Å². The smallest absolute Gasteiger partial charge is 0.227 e. The van der Waals surface area contributed by atoms with Crippen LogP contribution in [0.25, 0.3) is 0 Å². The number of aromatic nitrogens is 2. The second-order valence-corrected chi connectivity index (χ2v) is 5.90. The lowest BCUT2D eigenvalue weighted by Crippen LogP contribution is -2.31. The molecule has 0 bridgehead atoms. The summed E-state index contributed by atoms with van der Waals surface area (Å²) in [5.74, 6) is 0.161. The van der Waals surface area contributed by atoms with Crippen molar-refractivity contribution in [2.24, 2.45) is 7.05 Å². The molecule has 0 fully saturated rings. The first kappa shape index (κ1) is 14.1. The molecule has 21 heavy (non-hydrogen) atoms. The minimum atomic E-state index is 0.161. The van der Waals surface area contributed by atoms with Gasteiger partial charge in [0.2, 0.25) is 5.91 Å². The van der Waals surface area contributed by atoms with Crippen molar-refractivity contribution in [3.63, 3.8) is 0 Å². The topological polar surface area (TPSA) is 38.1 Å². The normalized spacial score (nSPS) is 14.7. The number of carbonyl (C=O) groups is 1. The van der Waals surface area contributed by atoms with Crippen LogP contribution in [-0.2, 0) is 31.2 Å². The Balaban J connectivity index is 1.71. The summed E-state index contributed by atoms with van der Waals surface area (Å²) in [6, 6.07) is 7.47. The molecule has 0 unspecified atom stereocenters. The minimum Gasteiger partial charge on any atom is -0.338 e. The summed E-state index contributed by atoms with van der Waals surface area (Å²) in [4.78, 5) is 14.4.